The molecule has 24 heavy (non-hydrogen) atoms. The van der Waals surface area contributed by atoms with Gasteiger partial charge in [-0.25, -0.2) is 0 Å². The first kappa shape index (κ1) is 17.8. The normalized spacial score (nSPS) is 10.2. The first-order chi connectivity index (χ1) is 11.3. The Labute approximate surface area is 146 Å². The Balaban J connectivity index is 2.49. The lowest BCUT2D eigenvalue weighted by Crippen LogP contribution is -2.24. The molecule has 0 spiro atoms. The topological polar surface area (TPSA) is 125 Å². The number of hydrogen-bond donors (Lipinski definition) is 2. The number of carbonyl (C=O) groups excluding carboxylic acids is 1. The molecule has 124 valence electrons. The van der Waals surface area contributed by atoms with Crippen LogP contribution in [-0.4, -0.2) is 16.8 Å². The van der Waals surface area contributed by atoms with Crippen molar-refractivity contribution in [2.45, 2.75) is 16.7 Å². The number of aryl methyl sites for hydroxylation is 1. The Morgan fingerprint density at radius 3 is 2.58 bits per heavy atom. The van der Waals surface area contributed by atoms with Crippen LogP contribution in [0, 0.1) is 17.0 Å². The molecule has 0 aromatic heterocycles. The van der Waals surface area contributed by atoms with Gasteiger partial charge in [-0.1, -0.05) is 29.4 Å². The summed E-state index contributed by atoms with van der Waals surface area (Å²) < 4.78 is 0. The van der Waals surface area contributed by atoms with Gasteiger partial charge in [0, 0.05) is 16.0 Å². The van der Waals surface area contributed by atoms with Crippen molar-refractivity contribution < 1.29 is 9.72 Å². The van der Waals surface area contributed by atoms with Crippen molar-refractivity contribution in [1.82, 2.24) is 0 Å². The smallest absolute Gasteiger partial charge is 0.284 e. The van der Waals surface area contributed by atoms with E-state index in [0.29, 0.717) is 15.5 Å². The van der Waals surface area contributed by atoms with Crippen LogP contribution in [0.15, 0.2) is 51.2 Å². The number of guanidine groups is 1. The van der Waals surface area contributed by atoms with Gasteiger partial charge in [-0.2, -0.15) is 4.99 Å². The minimum Gasteiger partial charge on any atom is -0.370 e. The van der Waals surface area contributed by atoms with Crippen LogP contribution >= 0.6 is 23.4 Å². The Morgan fingerprint density at radius 2 is 2.00 bits per heavy atom. The van der Waals surface area contributed by atoms with Gasteiger partial charge in [0.25, 0.3) is 11.6 Å². The van der Waals surface area contributed by atoms with Crippen LogP contribution in [0.3, 0.4) is 0 Å². The van der Waals surface area contributed by atoms with E-state index in [9.17, 15) is 14.9 Å². The second-order valence-corrected chi connectivity index (χ2v) is 6.35. The number of carbonyl (C=O) groups is 1. The van der Waals surface area contributed by atoms with Crippen LogP contribution in [0.1, 0.15) is 15.9 Å². The molecule has 0 fully saturated rings. The molecule has 7 nitrogen and oxygen atoms in total. The molecule has 2 rings (SSSR count). The summed E-state index contributed by atoms with van der Waals surface area (Å²) in [7, 11) is 0. The van der Waals surface area contributed by atoms with E-state index in [-0.39, 0.29) is 11.3 Å². The number of hydrogen-bond acceptors (Lipinski definition) is 4. The molecular formula is C15H13ClN4O3S. The minimum absolute atomic E-state index is 0.0746. The summed E-state index contributed by atoms with van der Waals surface area (Å²) >= 11 is 7.11. The van der Waals surface area contributed by atoms with E-state index in [4.69, 9.17) is 23.1 Å². The maximum atomic E-state index is 12.0. The molecule has 1 amide bonds. The Bertz CT molecular complexity index is 851. The first-order valence-corrected chi connectivity index (χ1v) is 7.84. The summed E-state index contributed by atoms with van der Waals surface area (Å²) in [6.45, 7) is 1.65. The number of nitrogens with zero attached hydrogens (tertiary/aromatic N) is 2. The fourth-order valence-electron chi connectivity index (χ4n) is 1.96. The molecule has 0 aliphatic rings. The van der Waals surface area contributed by atoms with Crippen LogP contribution in [0.25, 0.3) is 0 Å². The van der Waals surface area contributed by atoms with E-state index < -0.39 is 16.8 Å². The highest BCUT2D eigenvalue weighted by atomic mass is 35.5. The zero-order valence-electron chi connectivity index (χ0n) is 12.5. The molecular weight excluding hydrogens is 352 g/mol. The molecule has 0 atom stereocenters. The Kier molecular flexibility index (Phi) is 5.42. The number of benzene rings is 2. The van der Waals surface area contributed by atoms with E-state index >= 15 is 0 Å². The van der Waals surface area contributed by atoms with Crippen molar-refractivity contribution in [3.8, 4) is 0 Å². The van der Waals surface area contributed by atoms with Crippen molar-refractivity contribution in [3.63, 3.8) is 0 Å². The lowest BCUT2D eigenvalue weighted by Gasteiger charge is -2.08. The van der Waals surface area contributed by atoms with E-state index in [1.807, 2.05) is 0 Å². The predicted molar refractivity (Wildman–Crippen MR) is 93.5 cm³/mol. The average molecular weight is 365 g/mol. The van der Waals surface area contributed by atoms with Gasteiger partial charge in [-0.3, -0.25) is 14.9 Å². The zero-order valence-corrected chi connectivity index (χ0v) is 14.1. The van der Waals surface area contributed by atoms with Crippen LogP contribution in [0.5, 0.6) is 0 Å². The SMILES string of the molecule is Cc1cc(Sc2cccc(Cl)c2)c([N+](=O)[O-])cc1C(=O)N=C(N)N. The molecule has 0 aliphatic carbocycles. The van der Waals surface area contributed by atoms with Gasteiger partial charge in [-0.05, 0) is 36.8 Å². The average Bonchev–Trinajstić information content (AvgIpc) is 2.46. The van der Waals surface area contributed by atoms with Crippen LogP contribution < -0.4 is 11.5 Å². The summed E-state index contributed by atoms with van der Waals surface area (Å²) in [5, 5.41) is 11.9. The second kappa shape index (κ2) is 7.33. The predicted octanol–water partition coefficient (Wildman–Crippen LogP) is 3.12. The number of aliphatic imine (C=N–C) groups is 1. The number of halogens is 1. The maximum Gasteiger partial charge on any atom is 0.284 e. The van der Waals surface area contributed by atoms with Gasteiger partial charge < -0.3 is 11.5 Å². The maximum absolute atomic E-state index is 12.0. The number of nitrogens with two attached hydrogens (primary N) is 2. The summed E-state index contributed by atoms with van der Waals surface area (Å²) in [6.07, 6.45) is 0. The van der Waals surface area contributed by atoms with Crippen LogP contribution in [-0.2, 0) is 0 Å². The summed E-state index contributed by atoms with van der Waals surface area (Å²) in [4.78, 5) is 27.3. The lowest BCUT2D eigenvalue weighted by molar-refractivity contribution is -0.387. The van der Waals surface area contributed by atoms with Gasteiger partial charge in [0.1, 0.15) is 0 Å². The number of amides is 1. The Morgan fingerprint density at radius 1 is 1.29 bits per heavy atom. The minimum atomic E-state index is -0.727. The summed E-state index contributed by atoms with van der Waals surface area (Å²) in [5.41, 5.74) is 10.8. The molecule has 0 heterocycles. The Hall–Kier alpha value is -2.58. The standard InChI is InChI=1S/C15H13ClN4O3S/c1-8-5-13(24-10-4-2-3-9(16)6-10)12(20(22)23)7-11(8)14(21)19-15(17)18/h2-7H,1H3,(H4,17,18,19,21). The van der Waals surface area contributed by atoms with E-state index in [1.165, 1.54) is 17.8 Å². The highest BCUT2D eigenvalue weighted by molar-refractivity contribution is 7.99. The van der Waals surface area contributed by atoms with Gasteiger partial charge in [0.2, 0.25) is 0 Å². The van der Waals surface area contributed by atoms with Crippen molar-refractivity contribution in [2.75, 3.05) is 0 Å². The molecule has 0 bridgehead atoms. The second-order valence-electron chi connectivity index (χ2n) is 4.79. The largest absolute Gasteiger partial charge is 0.370 e. The van der Waals surface area contributed by atoms with Crippen molar-refractivity contribution in [1.29, 1.82) is 0 Å². The molecule has 4 N–H and O–H groups in total. The van der Waals surface area contributed by atoms with Crippen molar-refractivity contribution in [2.24, 2.45) is 16.5 Å². The number of rotatable bonds is 4. The van der Waals surface area contributed by atoms with Crippen molar-refractivity contribution in [3.05, 3.63) is 62.7 Å². The molecule has 9 heteroatoms. The molecule has 2 aromatic rings. The third kappa shape index (κ3) is 4.24. The molecule has 0 unspecified atom stereocenters. The van der Waals surface area contributed by atoms with Crippen LogP contribution in [0.2, 0.25) is 5.02 Å². The third-order valence-electron chi connectivity index (χ3n) is 2.99. The summed E-state index contributed by atoms with van der Waals surface area (Å²) in [5.74, 6) is -1.13. The number of nitro groups is 1. The van der Waals surface area contributed by atoms with E-state index in [1.54, 1.807) is 37.3 Å². The molecule has 0 aliphatic heterocycles. The molecule has 0 radical (unpaired) electrons. The highest BCUT2D eigenvalue weighted by Crippen LogP contribution is 2.37. The van der Waals surface area contributed by atoms with E-state index in [0.717, 1.165) is 4.90 Å². The van der Waals surface area contributed by atoms with Crippen LogP contribution in [0.4, 0.5) is 5.69 Å². The van der Waals surface area contributed by atoms with E-state index in [2.05, 4.69) is 4.99 Å². The molecule has 2 aromatic carbocycles. The monoisotopic (exact) mass is 364 g/mol. The summed E-state index contributed by atoms with van der Waals surface area (Å²) in [6, 6.07) is 9.68. The van der Waals surface area contributed by atoms with Gasteiger partial charge in [0.05, 0.1) is 15.4 Å². The van der Waals surface area contributed by atoms with Gasteiger partial charge in [0.15, 0.2) is 5.96 Å². The highest BCUT2D eigenvalue weighted by Gasteiger charge is 2.21. The molecule has 0 saturated carbocycles. The first-order valence-electron chi connectivity index (χ1n) is 6.64. The third-order valence-corrected chi connectivity index (χ3v) is 4.26. The van der Waals surface area contributed by atoms with Crippen molar-refractivity contribution >= 4 is 40.9 Å². The lowest BCUT2D eigenvalue weighted by atomic mass is 10.1. The quantitative estimate of drug-likeness (QED) is 0.371. The fraction of sp³-hybridized carbons (Fsp3) is 0.0667. The molecule has 0 saturated heterocycles. The fourth-order valence-corrected chi connectivity index (χ4v) is 3.27. The van der Waals surface area contributed by atoms with Gasteiger partial charge in [-0.15, -0.1) is 0 Å². The van der Waals surface area contributed by atoms with Gasteiger partial charge >= 0.3 is 0 Å². The zero-order chi connectivity index (χ0) is 17.9. The number of nitro benzene ring substituents is 1.